The molecule has 2 aromatic rings. The number of hydrogen-bond donors (Lipinski definition) is 0. The Morgan fingerprint density at radius 1 is 0.542 bits per heavy atom. The molecule has 0 saturated heterocycles. The van der Waals surface area contributed by atoms with Crippen molar-refractivity contribution in [2.24, 2.45) is 0 Å². The molecule has 24 heavy (non-hydrogen) atoms. The van der Waals surface area contributed by atoms with Gasteiger partial charge >= 0.3 is 0 Å². The van der Waals surface area contributed by atoms with Crippen LogP contribution in [0, 0.1) is 11.8 Å². The normalized spacial score (nSPS) is 9.54. The summed E-state index contributed by atoms with van der Waals surface area (Å²) in [5.74, 6) is 9.31. The van der Waals surface area contributed by atoms with E-state index in [9.17, 15) is 0 Å². The quantitative estimate of drug-likeness (QED) is 0.789. The van der Waals surface area contributed by atoms with Crippen LogP contribution >= 0.6 is 0 Å². The predicted molar refractivity (Wildman–Crippen MR) is 91.6 cm³/mol. The molecule has 0 aliphatic heterocycles. The molecule has 5 nitrogen and oxygen atoms in total. The standard InChI is InChI=1S/C19H20O5/c1-20-15-8-13(9-16(11-15)21-2)6-7-14-10-18(23-4)19(24-5)12-17(14)22-3/h8-12H,1-5H3. The molecule has 0 heterocycles. The van der Waals surface area contributed by atoms with Crippen molar-refractivity contribution in [3.8, 4) is 40.6 Å². The molecule has 0 N–H and O–H groups in total. The zero-order chi connectivity index (χ0) is 17.5. The summed E-state index contributed by atoms with van der Waals surface area (Å²) < 4.78 is 26.5. The fraction of sp³-hybridized carbons (Fsp3) is 0.263. The minimum Gasteiger partial charge on any atom is -0.497 e. The summed E-state index contributed by atoms with van der Waals surface area (Å²) in [6.45, 7) is 0. The molecule has 0 spiro atoms. The Morgan fingerprint density at radius 3 is 1.58 bits per heavy atom. The highest BCUT2D eigenvalue weighted by molar-refractivity contribution is 5.58. The Balaban J connectivity index is 2.47. The van der Waals surface area contributed by atoms with Gasteiger partial charge in [-0.3, -0.25) is 0 Å². The molecule has 0 bridgehead atoms. The topological polar surface area (TPSA) is 46.2 Å². The van der Waals surface area contributed by atoms with Crippen LogP contribution in [0.3, 0.4) is 0 Å². The lowest BCUT2D eigenvalue weighted by atomic mass is 10.1. The van der Waals surface area contributed by atoms with Gasteiger partial charge in [-0.1, -0.05) is 11.8 Å². The van der Waals surface area contributed by atoms with Crippen LogP contribution in [0.4, 0.5) is 0 Å². The Labute approximate surface area is 142 Å². The Hall–Kier alpha value is -3.00. The minimum atomic E-state index is 0.586. The highest BCUT2D eigenvalue weighted by atomic mass is 16.5. The Kier molecular flexibility index (Phi) is 5.80. The summed E-state index contributed by atoms with van der Waals surface area (Å²) in [7, 11) is 7.94. The van der Waals surface area contributed by atoms with Gasteiger partial charge in [0.15, 0.2) is 11.5 Å². The lowest BCUT2D eigenvalue weighted by Gasteiger charge is -2.11. The fourth-order valence-corrected chi connectivity index (χ4v) is 2.15. The summed E-state index contributed by atoms with van der Waals surface area (Å²) in [5, 5.41) is 0. The SMILES string of the molecule is COc1cc(C#Cc2cc(OC)c(OC)cc2OC)cc(OC)c1. The summed E-state index contributed by atoms with van der Waals surface area (Å²) in [5.41, 5.74) is 1.46. The minimum absolute atomic E-state index is 0.586. The zero-order valence-electron chi connectivity index (χ0n) is 14.4. The van der Waals surface area contributed by atoms with Gasteiger partial charge in [0.05, 0.1) is 41.1 Å². The van der Waals surface area contributed by atoms with E-state index in [0.717, 1.165) is 5.56 Å². The first-order valence-corrected chi connectivity index (χ1v) is 7.20. The van der Waals surface area contributed by atoms with Crippen molar-refractivity contribution >= 4 is 0 Å². The predicted octanol–water partition coefficient (Wildman–Crippen LogP) is 3.13. The number of benzene rings is 2. The van der Waals surface area contributed by atoms with E-state index < -0.39 is 0 Å². The number of methoxy groups -OCH3 is 5. The van der Waals surface area contributed by atoms with Gasteiger partial charge in [-0.15, -0.1) is 0 Å². The van der Waals surface area contributed by atoms with Crippen LogP contribution in [-0.4, -0.2) is 35.5 Å². The van der Waals surface area contributed by atoms with E-state index >= 15 is 0 Å². The maximum absolute atomic E-state index is 5.38. The largest absolute Gasteiger partial charge is 0.497 e. The summed E-state index contributed by atoms with van der Waals surface area (Å²) in [4.78, 5) is 0. The molecule has 2 rings (SSSR count). The molecule has 0 fully saturated rings. The van der Waals surface area contributed by atoms with Crippen LogP contribution in [0.25, 0.3) is 0 Å². The van der Waals surface area contributed by atoms with Gasteiger partial charge < -0.3 is 23.7 Å². The molecule has 0 unspecified atom stereocenters. The molecule has 0 aliphatic carbocycles. The van der Waals surface area contributed by atoms with E-state index in [1.54, 1.807) is 53.7 Å². The van der Waals surface area contributed by atoms with Crippen molar-refractivity contribution in [2.75, 3.05) is 35.5 Å². The van der Waals surface area contributed by atoms with Crippen LogP contribution < -0.4 is 23.7 Å². The average Bonchev–Trinajstić information content (AvgIpc) is 2.64. The van der Waals surface area contributed by atoms with Crippen LogP contribution in [-0.2, 0) is 0 Å². The van der Waals surface area contributed by atoms with Crippen molar-refractivity contribution in [1.29, 1.82) is 0 Å². The van der Waals surface area contributed by atoms with Gasteiger partial charge in [0.2, 0.25) is 0 Å². The number of rotatable bonds is 5. The zero-order valence-corrected chi connectivity index (χ0v) is 14.4. The maximum atomic E-state index is 5.38. The summed E-state index contributed by atoms with van der Waals surface area (Å²) >= 11 is 0. The molecule has 5 heteroatoms. The third-order valence-electron chi connectivity index (χ3n) is 3.40. The van der Waals surface area contributed by atoms with Crippen molar-refractivity contribution in [3.05, 3.63) is 41.5 Å². The maximum Gasteiger partial charge on any atom is 0.164 e. The molecular formula is C19H20O5. The molecule has 0 aliphatic rings. The van der Waals surface area contributed by atoms with E-state index in [4.69, 9.17) is 23.7 Å². The molecule has 0 aromatic heterocycles. The van der Waals surface area contributed by atoms with Crippen molar-refractivity contribution in [1.82, 2.24) is 0 Å². The second-order valence-electron chi connectivity index (χ2n) is 4.76. The molecule has 2 aromatic carbocycles. The van der Waals surface area contributed by atoms with Crippen molar-refractivity contribution in [3.63, 3.8) is 0 Å². The lowest BCUT2D eigenvalue weighted by Crippen LogP contribution is -1.95. The van der Waals surface area contributed by atoms with Gasteiger partial charge in [0.1, 0.15) is 17.2 Å². The number of ether oxygens (including phenoxy) is 5. The molecule has 0 saturated carbocycles. The van der Waals surface area contributed by atoms with Crippen LogP contribution in [0.1, 0.15) is 11.1 Å². The van der Waals surface area contributed by atoms with E-state index in [2.05, 4.69) is 11.8 Å². The molecule has 126 valence electrons. The van der Waals surface area contributed by atoms with Gasteiger partial charge in [0, 0.05) is 23.8 Å². The first-order valence-electron chi connectivity index (χ1n) is 7.20. The molecule has 0 amide bonds. The lowest BCUT2D eigenvalue weighted by molar-refractivity contribution is 0.348. The first-order chi connectivity index (χ1) is 11.6. The Morgan fingerprint density at radius 2 is 1.08 bits per heavy atom. The summed E-state index contributed by atoms with van der Waals surface area (Å²) in [6, 6.07) is 8.99. The number of hydrogen-bond acceptors (Lipinski definition) is 5. The fourth-order valence-electron chi connectivity index (χ4n) is 2.15. The van der Waals surface area contributed by atoms with Crippen molar-refractivity contribution < 1.29 is 23.7 Å². The first kappa shape index (κ1) is 17.4. The van der Waals surface area contributed by atoms with E-state index in [-0.39, 0.29) is 0 Å². The Bertz CT molecular complexity index is 749. The molecule has 0 radical (unpaired) electrons. The second-order valence-corrected chi connectivity index (χ2v) is 4.76. The average molecular weight is 328 g/mol. The molecule has 0 atom stereocenters. The van der Waals surface area contributed by atoms with Gasteiger partial charge in [-0.05, 0) is 12.1 Å². The van der Waals surface area contributed by atoms with Gasteiger partial charge in [-0.2, -0.15) is 0 Å². The van der Waals surface area contributed by atoms with Gasteiger partial charge in [-0.25, -0.2) is 0 Å². The van der Waals surface area contributed by atoms with Crippen molar-refractivity contribution in [2.45, 2.75) is 0 Å². The highest BCUT2D eigenvalue weighted by Crippen LogP contribution is 2.34. The second kappa shape index (κ2) is 8.02. The van der Waals surface area contributed by atoms with Crippen LogP contribution in [0.15, 0.2) is 30.3 Å². The van der Waals surface area contributed by atoms with E-state index in [1.807, 2.05) is 12.1 Å². The summed E-state index contributed by atoms with van der Waals surface area (Å²) in [6.07, 6.45) is 0. The third kappa shape index (κ3) is 3.85. The molecular weight excluding hydrogens is 308 g/mol. The smallest absolute Gasteiger partial charge is 0.164 e. The third-order valence-corrected chi connectivity index (χ3v) is 3.40. The van der Waals surface area contributed by atoms with E-state index in [1.165, 1.54) is 0 Å². The van der Waals surface area contributed by atoms with Gasteiger partial charge in [0.25, 0.3) is 0 Å². The van der Waals surface area contributed by atoms with Crippen LogP contribution in [0.2, 0.25) is 0 Å². The van der Waals surface area contributed by atoms with E-state index in [0.29, 0.717) is 34.3 Å². The monoisotopic (exact) mass is 328 g/mol. The van der Waals surface area contributed by atoms with Crippen LogP contribution in [0.5, 0.6) is 28.7 Å². The highest BCUT2D eigenvalue weighted by Gasteiger charge is 2.10.